The van der Waals surface area contributed by atoms with Crippen molar-refractivity contribution >= 4 is 11.7 Å². The van der Waals surface area contributed by atoms with Crippen molar-refractivity contribution < 1.29 is 14.1 Å². The van der Waals surface area contributed by atoms with Gasteiger partial charge in [-0.3, -0.25) is 9.69 Å². The Hall–Kier alpha value is -1.44. The third kappa shape index (κ3) is 5.37. The van der Waals surface area contributed by atoms with Crippen LogP contribution in [0.15, 0.2) is 16.9 Å². The van der Waals surface area contributed by atoms with Gasteiger partial charge in [0.25, 0.3) is 0 Å². The number of anilines is 1. The van der Waals surface area contributed by atoms with Gasteiger partial charge in [0.05, 0.1) is 19.8 Å². The van der Waals surface area contributed by atoms with Gasteiger partial charge in [-0.05, 0) is 19.5 Å². The first-order valence-electron chi connectivity index (χ1n) is 6.55. The Morgan fingerprint density at radius 1 is 1.42 bits per heavy atom. The molecule has 1 aromatic rings. The topological polar surface area (TPSA) is 79.6 Å². The number of aromatic nitrogens is 1. The van der Waals surface area contributed by atoms with Crippen LogP contribution in [-0.2, 0) is 9.53 Å². The summed E-state index contributed by atoms with van der Waals surface area (Å²) in [7, 11) is 0. The lowest BCUT2D eigenvalue weighted by atomic mass is 10.3. The van der Waals surface area contributed by atoms with Gasteiger partial charge in [0.2, 0.25) is 5.91 Å². The van der Waals surface area contributed by atoms with Gasteiger partial charge in [-0.25, -0.2) is 0 Å². The summed E-state index contributed by atoms with van der Waals surface area (Å²) < 4.78 is 9.91. The number of rotatable bonds is 7. The second-order valence-electron chi connectivity index (χ2n) is 4.42. The Kier molecular flexibility index (Phi) is 5.80. The highest BCUT2D eigenvalue weighted by Crippen LogP contribution is 2.00. The number of nitrogens with zero attached hydrogens (tertiary/aromatic N) is 2. The van der Waals surface area contributed by atoms with Crippen molar-refractivity contribution in [1.82, 2.24) is 15.4 Å². The second-order valence-corrected chi connectivity index (χ2v) is 4.42. The van der Waals surface area contributed by atoms with Crippen LogP contribution in [0.1, 0.15) is 6.42 Å². The summed E-state index contributed by atoms with van der Waals surface area (Å²) in [6, 6.07) is 1.61. The lowest BCUT2D eigenvalue weighted by molar-refractivity contribution is -0.115. The van der Waals surface area contributed by atoms with E-state index < -0.39 is 0 Å². The van der Waals surface area contributed by atoms with Crippen molar-refractivity contribution in [3.63, 3.8) is 0 Å². The normalized spacial score (nSPS) is 16.4. The molecule has 0 unspecified atom stereocenters. The van der Waals surface area contributed by atoms with Crippen LogP contribution >= 0.6 is 0 Å². The monoisotopic (exact) mass is 268 g/mol. The van der Waals surface area contributed by atoms with E-state index in [-0.39, 0.29) is 12.5 Å². The summed E-state index contributed by atoms with van der Waals surface area (Å²) in [4.78, 5) is 13.9. The standard InChI is InChI=1S/C12H20N4O3/c17-12(14-11-2-7-19-15-11)10-13-3-1-4-16-5-8-18-9-6-16/h2,7,13H,1,3-6,8-10H2,(H,14,15,17). The molecular formula is C12H20N4O3. The van der Waals surface area contributed by atoms with Gasteiger partial charge >= 0.3 is 0 Å². The molecule has 19 heavy (non-hydrogen) atoms. The maximum absolute atomic E-state index is 11.5. The fourth-order valence-electron chi connectivity index (χ4n) is 1.92. The molecule has 1 saturated heterocycles. The van der Waals surface area contributed by atoms with Crippen molar-refractivity contribution in [2.45, 2.75) is 6.42 Å². The fraction of sp³-hybridized carbons (Fsp3) is 0.667. The average Bonchev–Trinajstić information content (AvgIpc) is 2.92. The van der Waals surface area contributed by atoms with E-state index in [1.54, 1.807) is 6.07 Å². The molecule has 1 aromatic heterocycles. The fourth-order valence-corrected chi connectivity index (χ4v) is 1.92. The van der Waals surface area contributed by atoms with Crippen LogP contribution < -0.4 is 10.6 Å². The van der Waals surface area contributed by atoms with E-state index >= 15 is 0 Å². The minimum atomic E-state index is -0.111. The van der Waals surface area contributed by atoms with Crippen molar-refractivity contribution in [3.8, 4) is 0 Å². The highest BCUT2D eigenvalue weighted by atomic mass is 16.5. The SMILES string of the molecule is O=C(CNCCCN1CCOCC1)Nc1ccon1. The molecule has 1 aliphatic rings. The number of hydrogen-bond donors (Lipinski definition) is 2. The van der Waals surface area contributed by atoms with E-state index in [4.69, 9.17) is 4.74 Å². The number of nitrogens with one attached hydrogen (secondary N) is 2. The van der Waals surface area contributed by atoms with Gasteiger partial charge in [0.1, 0.15) is 6.26 Å². The summed E-state index contributed by atoms with van der Waals surface area (Å²) in [6.45, 7) is 5.82. The van der Waals surface area contributed by atoms with Gasteiger partial charge in [0.15, 0.2) is 5.82 Å². The van der Waals surface area contributed by atoms with Crippen molar-refractivity contribution in [3.05, 3.63) is 12.3 Å². The molecule has 1 fully saturated rings. The summed E-state index contributed by atoms with van der Waals surface area (Å²) in [5, 5.41) is 9.35. The quantitative estimate of drug-likeness (QED) is 0.674. The number of ether oxygens (including phenoxy) is 1. The van der Waals surface area contributed by atoms with E-state index in [9.17, 15) is 4.79 Å². The molecule has 2 rings (SSSR count). The lowest BCUT2D eigenvalue weighted by Crippen LogP contribution is -2.38. The summed E-state index contributed by atoms with van der Waals surface area (Å²) in [6.07, 6.45) is 2.45. The van der Waals surface area contributed by atoms with Crippen LogP contribution in [0, 0.1) is 0 Å². The van der Waals surface area contributed by atoms with Gasteiger partial charge < -0.3 is 19.9 Å². The average molecular weight is 268 g/mol. The predicted molar refractivity (Wildman–Crippen MR) is 69.9 cm³/mol. The second kappa shape index (κ2) is 7.88. The highest BCUT2D eigenvalue weighted by molar-refractivity contribution is 5.91. The van der Waals surface area contributed by atoms with Crippen LogP contribution in [0.2, 0.25) is 0 Å². The predicted octanol–water partition coefficient (Wildman–Crippen LogP) is -0.0750. The van der Waals surface area contributed by atoms with E-state index in [0.717, 1.165) is 45.8 Å². The van der Waals surface area contributed by atoms with Crippen molar-refractivity contribution in [1.29, 1.82) is 0 Å². The van der Waals surface area contributed by atoms with Crippen LogP contribution in [0.4, 0.5) is 5.82 Å². The first-order chi connectivity index (χ1) is 9.34. The molecule has 0 bridgehead atoms. The lowest BCUT2D eigenvalue weighted by Gasteiger charge is -2.26. The molecule has 1 aliphatic heterocycles. The maximum Gasteiger partial charge on any atom is 0.239 e. The minimum Gasteiger partial charge on any atom is -0.379 e. The number of carbonyl (C=O) groups is 1. The molecule has 0 aromatic carbocycles. The van der Waals surface area contributed by atoms with Crippen LogP contribution in [0.3, 0.4) is 0 Å². The Labute approximate surface area is 112 Å². The number of amides is 1. The van der Waals surface area contributed by atoms with Crippen LogP contribution in [-0.4, -0.2) is 61.9 Å². The molecule has 1 amide bonds. The molecule has 2 heterocycles. The number of hydrogen-bond acceptors (Lipinski definition) is 6. The largest absolute Gasteiger partial charge is 0.379 e. The first-order valence-corrected chi connectivity index (χ1v) is 6.55. The summed E-state index contributed by atoms with van der Waals surface area (Å²) >= 11 is 0. The molecule has 0 radical (unpaired) electrons. The van der Waals surface area contributed by atoms with Crippen molar-refractivity contribution in [2.75, 3.05) is 51.3 Å². The Balaban J connectivity index is 1.48. The Morgan fingerprint density at radius 3 is 3.00 bits per heavy atom. The smallest absolute Gasteiger partial charge is 0.239 e. The molecule has 0 aliphatic carbocycles. The Bertz CT molecular complexity index is 363. The number of carbonyl (C=O) groups excluding carboxylic acids is 1. The van der Waals surface area contributed by atoms with E-state index in [1.165, 1.54) is 6.26 Å². The van der Waals surface area contributed by atoms with Gasteiger partial charge in [-0.1, -0.05) is 5.16 Å². The third-order valence-corrected chi connectivity index (χ3v) is 2.92. The molecule has 106 valence electrons. The maximum atomic E-state index is 11.5. The number of morpholine rings is 1. The van der Waals surface area contributed by atoms with Crippen LogP contribution in [0.25, 0.3) is 0 Å². The first kappa shape index (κ1) is 14.0. The third-order valence-electron chi connectivity index (χ3n) is 2.92. The van der Waals surface area contributed by atoms with Crippen LogP contribution in [0.5, 0.6) is 0 Å². The molecule has 0 spiro atoms. The summed E-state index contributed by atoms with van der Waals surface area (Å²) in [5.74, 6) is 0.334. The zero-order chi connectivity index (χ0) is 13.3. The minimum absolute atomic E-state index is 0.111. The van der Waals surface area contributed by atoms with Gasteiger partial charge in [-0.15, -0.1) is 0 Å². The molecule has 0 atom stereocenters. The van der Waals surface area contributed by atoms with Gasteiger partial charge in [-0.2, -0.15) is 0 Å². The molecular weight excluding hydrogens is 248 g/mol. The van der Waals surface area contributed by atoms with E-state index in [2.05, 4.69) is 25.2 Å². The molecule has 7 heteroatoms. The summed E-state index contributed by atoms with van der Waals surface area (Å²) in [5.41, 5.74) is 0. The molecule has 2 N–H and O–H groups in total. The van der Waals surface area contributed by atoms with Crippen molar-refractivity contribution in [2.24, 2.45) is 0 Å². The van der Waals surface area contributed by atoms with E-state index in [0.29, 0.717) is 5.82 Å². The zero-order valence-electron chi connectivity index (χ0n) is 10.9. The Morgan fingerprint density at radius 2 is 2.26 bits per heavy atom. The zero-order valence-corrected chi connectivity index (χ0v) is 10.9. The highest BCUT2D eigenvalue weighted by Gasteiger charge is 2.09. The molecule has 0 saturated carbocycles. The van der Waals surface area contributed by atoms with E-state index in [1.807, 2.05) is 0 Å². The molecule has 7 nitrogen and oxygen atoms in total. The van der Waals surface area contributed by atoms with Gasteiger partial charge in [0, 0.05) is 19.2 Å².